The third kappa shape index (κ3) is 5.72. The summed E-state index contributed by atoms with van der Waals surface area (Å²) in [7, 11) is 0. The molecule has 0 bridgehead atoms. The van der Waals surface area contributed by atoms with Gasteiger partial charge in [0.25, 0.3) is 0 Å². The fourth-order valence-electron chi connectivity index (χ4n) is 1.86. The molecule has 4 nitrogen and oxygen atoms in total. The second kappa shape index (κ2) is 8.52. The van der Waals surface area contributed by atoms with Crippen molar-refractivity contribution in [1.29, 1.82) is 0 Å². The highest BCUT2D eigenvalue weighted by Gasteiger charge is 2.07. The van der Waals surface area contributed by atoms with E-state index >= 15 is 0 Å². The van der Waals surface area contributed by atoms with Gasteiger partial charge in [0.2, 0.25) is 11.8 Å². The van der Waals surface area contributed by atoms with Crippen LogP contribution >= 0.6 is 23.2 Å². The molecule has 0 fully saturated rings. The Morgan fingerprint density at radius 3 is 2.50 bits per heavy atom. The largest absolute Gasteiger partial charge is 0.343 e. The first-order valence-electron chi connectivity index (χ1n) is 7.21. The van der Waals surface area contributed by atoms with Crippen LogP contribution in [0.2, 0.25) is 10.0 Å². The highest BCUT2D eigenvalue weighted by molar-refractivity contribution is 6.35. The predicted molar refractivity (Wildman–Crippen MR) is 98.3 cm³/mol. The van der Waals surface area contributed by atoms with Gasteiger partial charge in [0.15, 0.2) is 0 Å². The Bertz CT molecular complexity index is 771. The highest BCUT2D eigenvalue weighted by atomic mass is 35.5. The minimum atomic E-state index is -0.392. The number of aryl methyl sites for hydroxylation is 1. The van der Waals surface area contributed by atoms with Gasteiger partial charge >= 0.3 is 0 Å². The Balaban J connectivity index is 1.83. The molecule has 24 heavy (non-hydrogen) atoms. The Morgan fingerprint density at radius 1 is 1.08 bits per heavy atom. The van der Waals surface area contributed by atoms with Crippen LogP contribution in [0.5, 0.6) is 0 Å². The van der Waals surface area contributed by atoms with Crippen molar-refractivity contribution in [2.24, 2.45) is 0 Å². The summed E-state index contributed by atoms with van der Waals surface area (Å²) in [5, 5.41) is 5.93. The van der Waals surface area contributed by atoms with Crippen LogP contribution in [0.3, 0.4) is 0 Å². The first-order valence-corrected chi connectivity index (χ1v) is 7.97. The molecule has 6 heteroatoms. The molecule has 0 aromatic heterocycles. The zero-order valence-electron chi connectivity index (χ0n) is 13.0. The van der Waals surface area contributed by atoms with Gasteiger partial charge in [-0.15, -0.1) is 0 Å². The summed E-state index contributed by atoms with van der Waals surface area (Å²) in [5.74, 6) is -0.751. The first-order chi connectivity index (χ1) is 11.4. The zero-order valence-corrected chi connectivity index (χ0v) is 14.5. The predicted octanol–water partition coefficient (Wildman–Crippen LogP) is 4.07. The van der Waals surface area contributed by atoms with E-state index in [0.717, 1.165) is 11.1 Å². The van der Waals surface area contributed by atoms with Gasteiger partial charge in [0, 0.05) is 11.1 Å². The van der Waals surface area contributed by atoms with E-state index in [2.05, 4.69) is 10.6 Å². The molecular formula is C18H16Cl2N2O2. The van der Waals surface area contributed by atoms with E-state index < -0.39 is 5.91 Å². The maximum Gasteiger partial charge on any atom is 0.244 e. The molecule has 0 unspecified atom stereocenters. The monoisotopic (exact) mass is 362 g/mol. The van der Waals surface area contributed by atoms with Crippen LogP contribution in [0, 0.1) is 6.92 Å². The molecule has 0 atom stereocenters. The van der Waals surface area contributed by atoms with Gasteiger partial charge in [-0.05, 0) is 36.8 Å². The number of carbonyl (C=O) groups is 2. The van der Waals surface area contributed by atoms with Crippen LogP contribution in [0.1, 0.15) is 11.1 Å². The molecule has 0 aliphatic carbocycles. The van der Waals surface area contributed by atoms with Crippen molar-refractivity contribution in [1.82, 2.24) is 5.32 Å². The number of halogens is 2. The second-order valence-corrected chi connectivity index (χ2v) is 5.98. The van der Waals surface area contributed by atoms with Gasteiger partial charge < -0.3 is 10.6 Å². The lowest BCUT2D eigenvalue weighted by atomic mass is 10.1. The molecule has 0 aliphatic rings. The normalized spacial score (nSPS) is 10.6. The van der Waals surface area contributed by atoms with Gasteiger partial charge in [-0.2, -0.15) is 0 Å². The highest BCUT2D eigenvalue weighted by Crippen LogP contribution is 2.25. The fraction of sp³-hybridized carbons (Fsp3) is 0.111. The van der Waals surface area contributed by atoms with Crippen molar-refractivity contribution < 1.29 is 9.59 Å². The summed E-state index contributed by atoms with van der Waals surface area (Å²) < 4.78 is 0. The number of hydrogen-bond acceptors (Lipinski definition) is 2. The van der Waals surface area contributed by atoms with Crippen LogP contribution in [-0.2, 0) is 9.59 Å². The molecule has 0 saturated heterocycles. The molecule has 2 rings (SSSR count). The van der Waals surface area contributed by atoms with E-state index in [0.29, 0.717) is 15.7 Å². The van der Waals surface area contributed by atoms with E-state index in [1.807, 2.05) is 31.2 Å². The third-order valence-electron chi connectivity index (χ3n) is 3.13. The van der Waals surface area contributed by atoms with E-state index in [1.54, 1.807) is 24.3 Å². The van der Waals surface area contributed by atoms with Crippen LogP contribution in [0.15, 0.2) is 48.5 Å². The van der Waals surface area contributed by atoms with E-state index in [-0.39, 0.29) is 12.5 Å². The van der Waals surface area contributed by atoms with Crippen molar-refractivity contribution >= 4 is 46.8 Å². The minimum Gasteiger partial charge on any atom is -0.343 e. The standard InChI is InChI=1S/C18H16Cl2N2O2/c1-12-2-4-13(5-3-12)6-9-17(23)21-11-18(24)22-16-10-14(19)7-8-15(16)20/h2-10H,11H2,1H3,(H,21,23)(H,22,24)/b9-6+. The molecule has 2 aromatic carbocycles. The Kier molecular flexibility index (Phi) is 6.41. The maximum absolute atomic E-state index is 11.8. The molecule has 2 amide bonds. The van der Waals surface area contributed by atoms with E-state index in [1.165, 1.54) is 6.08 Å². The summed E-state index contributed by atoms with van der Waals surface area (Å²) in [4.78, 5) is 23.6. The van der Waals surface area contributed by atoms with Gasteiger partial charge in [-0.1, -0.05) is 53.0 Å². The van der Waals surface area contributed by atoms with Crippen molar-refractivity contribution in [3.05, 3.63) is 69.7 Å². The topological polar surface area (TPSA) is 58.2 Å². The van der Waals surface area contributed by atoms with Crippen LogP contribution < -0.4 is 10.6 Å². The van der Waals surface area contributed by atoms with Crippen LogP contribution in [0.4, 0.5) is 5.69 Å². The Labute approximate surface area is 150 Å². The molecule has 0 saturated carbocycles. The first kappa shape index (κ1) is 18.0. The Morgan fingerprint density at radius 2 is 1.79 bits per heavy atom. The molecule has 0 aliphatic heterocycles. The molecule has 0 heterocycles. The molecule has 124 valence electrons. The Hall–Kier alpha value is -2.30. The third-order valence-corrected chi connectivity index (χ3v) is 3.69. The zero-order chi connectivity index (χ0) is 17.5. The van der Waals surface area contributed by atoms with Crippen LogP contribution in [0.25, 0.3) is 6.08 Å². The summed E-state index contributed by atoms with van der Waals surface area (Å²) in [5.41, 5.74) is 2.46. The number of nitrogens with one attached hydrogen (secondary N) is 2. The van der Waals surface area contributed by atoms with Gasteiger partial charge in [0.05, 0.1) is 17.3 Å². The molecular weight excluding hydrogens is 347 g/mol. The summed E-state index contributed by atoms with van der Waals surface area (Å²) >= 11 is 11.8. The lowest BCUT2D eigenvalue weighted by Crippen LogP contribution is -2.31. The number of benzene rings is 2. The average molecular weight is 363 g/mol. The number of carbonyl (C=O) groups excluding carboxylic acids is 2. The smallest absolute Gasteiger partial charge is 0.244 e. The van der Waals surface area contributed by atoms with E-state index in [9.17, 15) is 9.59 Å². The van der Waals surface area contributed by atoms with Crippen molar-refractivity contribution in [2.75, 3.05) is 11.9 Å². The summed E-state index contributed by atoms with van der Waals surface area (Å²) in [6.07, 6.45) is 3.06. The van der Waals surface area contributed by atoms with E-state index in [4.69, 9.17) is 23.2 Å². The van der Waals surface area contributed by atoms with Crippen LogP contribution in [-0.4, -0.2) is 18.4 Å². The fourth-order valence-corrected chi connectivity index (χ4v) is 2.20. The lowest BCUT2D eigenvalue weighted by molar-refractivity contribution is -0.121. The molecule has 2 N–H and O–H groups in total. The number of hydrogen-bond donors (Lipinski definition) is 2. The number of rotatable bonds is 5. The van der Waals surface area contributed by atoms with Crippen molar-refractivity contribution in [2.45, 2.75) is 6.92 Å². The number of anilines is 1. The summed E-state index contributed by atoms with van der Waals surface area (Å²) in [6, 6.07) is 12.5. The molecule has 0 radical (unpaired) electrons. The molecule has 0 spiro atoms. The lowest BCUT2D eigenvalue weighted by Gasteiger charge is -2.08. The van der Waals surface area contributed by atoms with Crippen molar-refractivity contribution in [3.8, 4) is 0 Å². The SMILES string of the molecule is Cc1ccc(/C=C/C(=O)NCC(=O)Nc2cc(Cl)ccc2Cl)cc1. The number of amides is 2. The van der Waals surface area contributed by atoms with Crippen molar-refractivity contribution in [3.63, 3.8) is 0 Å². The molecule has 2 aromatic rings. The van der Waals surface area contributed by atoms with Gasteiger partial charge in [-0.3, -0.25) is 9.59 Å². The maximum atomic E-state index is 11.8. The summed E-state index contributed by atoms with van der Waals surface area (Å²) in [6.45, 7) is 1.82. The van der Waals surface area contributed by atoms with Gasteiger partial charge in [-0.25, -0.2) is 0 Å². The van der Waals surface area contributed by atoms with Gasteiger partial charge in [0.1, 0.15) is 0 Å². The second-order valence-electron chi connectivity index (χ2n) is 5.13. The quantitative estimate of drug-likeness (QED) is 0.787. The minimum absolute atomic E-state index is 0.167. The average Bonchev–Trinajstić information content (AvgIpc) is 2.56.